The van der Waals surface area contributed by atoms with Crippen molar-refractivity contribution in [2.75, 3.05) is 20.6 Å². The number of nitrogens with zero attached hydrogens (tertiary/aromatic N) is 1. The SMILES string of the molecule is CCCCCCCCCCCCNC(=O)N(C)C. The van der Waals surface area contributed by atoms with Gasteiger partial charge >= 0.3 is 6.03 Å². The monoisotopic (exact) mass is 256 g/mol. The van der Waals surface area contributed by atoms with Gasteiger partial charge in [0.2, 0.25) is 0 Å². The molecule has 0 atom stereocenters. The Balaban J connectivity index is 3.05. The zero-order chi connectivity index (χ0) is 13.6. The number of rotatable bonds is 11. The van der Waals surface area contributed by atoms with Gasteiger partial charge in [0, 0.05) is 20.6 Å². The van der Waals surface area contributed by atoms with E-state index in [4.69, 9.17) is 0 Å². The normalized spacial score (nSPS) is 10.4. The van der Waals surface area contributed by atoms with Crippen molar-refractivity contribution in [3.63, 3.8) is 0 Å². The fourth-order valence-electron chi connectivity index (χ4n) is 1.97. The molecule has 0 bridgehead atoms. The Labute approximate surface area is 113 Å². The molecule has 0 radical (unpaired) electrons. The average molecular weight is 256 g/mol. The van der Waals surface area contributed by atoms with Crippen molar-refractivity contribution < 1.29 is 4.79 Å². The maximum absolute atomic E-state index is 11.2. The van der Waals surface area contributed by atoms with Gasteiger partial charge in [-0.1, -0.05) is 64.7 Å². The minimum absolute atomic E-state index is 0.0194. The first-order chi connectivity index (χ1) is 8.68. The Morgan fingerprint density at radius 2 is 1.28 bits per heavy atom. The number of carbonyl (C=O) groups excluding carboxylic acids is 1. The van der Waals surface area contributed by atoms with Crippen LogP contribution in [0.25, 0.3) is 0 Å². The highest BCUT2D eigenvalue weighted by atomic mass is 16.2. The van der Waals surface area contributed by atoms with E-state index in [0.29, 0.717) is 0 Å². The molecule has 18 heavy (non-hydrogen) atoms. The molecule has 0 fully saturated rings. The van der Waals surface area contributed by atoms with E-state index in [9.17, 15) is 4.79 Å². The van der Waals surface area contributed by atoms with Gasteiger partial charge in [-0.05, 0) is 6.42 Å². The zero-order valence-corrected chi connectivity index (χ0v) is 12.6. The number of hydrogen-bond acceptors (Lipinski definition) is 1. The molecule has 0 aromatic heterocycles. The van der Waals surface area contributed by atoms with Gasteiger partial charge in [-0.3, -0.25) is 0 Å². The van der Waals surface area contributed by atoms with Crippen LogP contribution < -0.4 is 5.32 Å². The molecule has 108 valence electrons. The van der Waals surface area contributed by atoms with Crippen LogP contribution in [0.5, 0.6) is 0 Å². The molecule has 0 rings (SSSR count). The number of unbranched alkanes of at least 4 members (excludes halogenated alkanes) is 9. The summed E-state index contributed by atoms with van der Waals surface area (Å²) in [7, 11) is 3.54. The summed E-state index contributed by atoms with van der Waals surface area (Å²) in [5, 5.41) is 2.89. The summed E-state index contributed by atoms with van der Waals surface area (Å²) < 4.78 is 0. The molecular formula is C15H32N2O. The molecule has 0 saturated carbocycles. The molecule has 0 aromatic carbocycles. The third-order valence-electron chi connectivity index (χ3n) is 3.21. The molecule has 3 nitrogen and oxygen atoms in total. The van der Waals surface area contributed by atoms with Crippen LogP contribution in [0, 0.1) is 0 Å². The summed E-state index contributed by atoms with van der Waals surface area (Å²) in [4.78, 5) is 12.8. The van der Waals surface area contributed by atoms with Gasteiger partial charge in [0.05, 0.1) is 0 Å². The number of carbonyl (C=O) groups is 1. The van der Waals surface area contributed by atoms with E-state index in [1.807, 2.05) is 0 Å². The maximum atomic E-state index is 11.2. The topological polar surface area (TPSA) is 32.3 Å². The molecule has 0 aliphatic heterocycles. The van der Waals surface area contributed by atoms with Crippen LogP contribution in [-0.2, 0) is 0 Å². The van der Waals surface area contributed by atoms with Gasteiger partial charge in [0.1, 0.15) is 0 Å². The smallest absolute Gasteiger partial charge is 0.316 e. The summed E-state index contributed by atoms with van der Waals surface area (Å²) in [5.41, 5.74) is 0. The summed E-state index contributed by atoms with van der Waals surface area (Å²) in [6.45, 7) is 3.07. The van der Waals surface area contributed by atoms with Crippen LogP contribution in [0.3, 0.4) is 0 Å². The first-order valence-electron chi connectivity index (χ1n) is 7.63. The number of amides is 2. The second-order valence-electron chi connectivity index (χ2n) is 5.31. The fraction of sp³-hybridized carbons (Fsp3) is 0.933. The van der Waals surface area contributed by atoms with Crippen LogP contribution >= 0.6 is 0 Å². The lowest BCUT2D eigenvalue weighted by Crippen LogP contribution is -2.34. The minimum Gasteiger partial charge on any atom is -0.338 e. The highest BCUT2D eigenvalue weighted by molar-refractivity contribution is 5.73. The quantitative estimate of drug-likeness (QED) is 0.553. The second-order valence-corrected chi connectivity index (χ2v) is 5.31. The van der Waals surface area contributed by atoms with Crippen LogP contribution in [-0.4, -0.2) is 31.6 Å². The Kier molecular flexibility index (Phi) is 12.2. The van der Waals surface area contributed by atoms with Crippen LogP contribution in [0.1, 0.15) is 71.1 Å². The zero-order valence-electron chi connectivity index (χ0n) is 12.6. The average Bonchev–Trinajstić information content (AvgIpc) is 2.35. The third-order valence-corrected chi connectivity index (χ3v) is 3.21. The van der Waals surface area contributed by atoms with Crippen molar-refractivity contribution in [1.82, 2.24) is 10.2 Å². The maximum Gasteiger partial charge on any atom is 0.316 e. The molecule has 0 aliphatic rings. The van der Waals surface area contributed by atoms with E-state index >= 15 is 0 Å². The summed E-state index contributed by atoms with van der Waals surface area (Å²) >= 11 is 0. The Morgan fingerprint density at radius 1 is 0.833 bits per heavy atom. The van der Waals surface area contributed by atoms with Crippen LogP contribution in [0.15, 0.2) is 0 Å². The Hall–Kier alpha value is -0.730. The lowest BCUT2D eigenvalue weighted by Gasteiger charge is -2.11. The molecule has 2 amide bonds. The van der Waals surface area contributed by atoms with E-state index in [-0.39, 0.29) is 6.03 Å². The van der Waals surface area contributed by atoms with E-state index in [0.717, 1.165) is 13.0 Å². The Morgan fingerprint density at radius 3 is 1.72 bits per heavy atom. The first kappa shape index (κ1) is 17.3. The summed E-state index contributed by atoms with van der Waals surface area (Å²) in [5.74, 6) is 0. The van der Waals surface area contributed by atoms with Gasteiger partial charge in [0.25, 0.3) is 0 Å². The van der Waals surface area contributed by atoms with Crippen LogP contribution in [0.4, 0.5) is 4.79 Å². The molecule has 0 spiro atoms. The molecule has 0 aliphatic carbocycles. The standard InChI is InChI=1S/C15H32N2O/c1-4-5-6-7-8-9-10-11-12-13-14-16-15(18)17(2)3/h4-14H2,1-3H3,(H,16,18). The van der Waals surface area contributed by atoms with Crippen molar-refractivity contribution in [3.05, 3.63) is 0 Å². The Bertz CT molecular complexity index is 193. The van der Waals surface area contributed by atoms with Crippen molar-refractivity contribution in [2.24, 2.45) is 0 Å². The predicted octanol–water partition coefficient (Wildman–Crippen LogP) is 4.18. The molecule has 3 heteroatoms. The van der Waals surface area contributed by atoms with E-state index < -0.39 is 0 Å². The molecule has 1 N–H and O–H groups in total. The lowest BCUT2D eigenvalue weighted by molar-refractivity contribution is 0.217. The van der Waals surface area contributed by atoms with Crippen molar-refractivity contribution >= 4 is 6.03 Å². The van der Waals surface area contributed by atoms with E-state index in [1.54, 1.807) is 19.0 Å². The largest absolute Gasteiger partial charge is 0.338 e. The molecule has 0 aromatic rings. The van der Waals surface area contributed by atoms with E-state index in [1.165, 1.54) is 57.8 Å². The van der Waals surface area contributed by atoms with Gasteiger partial charge in [0.15, 0.2) is 0 Å². The first-order valence-corrected chi connectivity index (χ1v) is 7.63. The second kappa shape index (κ2) is 12.7. The summed E-state index contributed by atoms with van der Waals surface area (Å²) in [6.07, 6.45) is 13.3. The van der Waals surface area contributed by atoms with Crippen molar-refractivity contribution in [2.45, 2.75) is 71.1 Å². The number of urea groups is 1. The number of hydrogen-bond donors (Lipinski definition) is 1. The highest BCUT2D eigenvalue weighted by Gasteiger charge is 2.00. The fourth-order valence-corrected chi connectivity index (χ4v) is 1.97. The van der Waals surface area contributed by atoms with Gasteiger partial charge in [-0.15, -0.1) is 0 Å². The third kappa shape index (κ3) is 11.7. The van der Waals surface area contributed by atoms with Crippen molar-refractivity contribution in [1.29, 1.82) is 0 Å². The lowest BCUT2D eigenvalue weighted by atomic mass is 10.1. The molecule has 0 unspecified atom stereocenters. The predicted molar refractivity (Wildman–Crippen MR) is 78.9 cm³/mol. The van der Waals surface area contributed by atoms with Gasteiger partial charge in [-0.2, -0.15) is 0 Å². The van der Waals surface area contributed by atoms with Crippen LogP contribution in [0.2, 0.25) is 0 Å². The molecule has 0 heterocycles. The molecule has 0 saturated heterocycles. The molecular weight excluding hydrogens is 224 g/mol. The highest BCUT2D eigenvalue weighted by Crippen LogP contribution is 2.10. The van der Waals surface area contributed by atoms with Crippen molar-refractivity contribution in [3.8, 4) is 0 Å². The van der Waals surface area contributed by atoms with E-state index in [2.05, 4.69) is 12.2 Å². The summed E-state index contributed by atoms with van der Waals surface area (Å²) in [6, 6.07) is 0.0194. The number of nitrogens with one attached hydrogen (secondary N) is 1. The van der Waals surface area contributed by atoms with Gasteiger partial charge < -0.3 is 10.2 Å². The minimum atomic E-state index is 0.0194. The van der Waals surface area contributed by atoms with Gasteiger partial charge in [-0.25, -0.2) is 4.79 Å².